The lowest BCUT2D eigenvalue weighted by molar-refractivity contribution is -0.137. The normalized spacial score (nSPS) is 11.9. The minimum absolute atomic E-state index is 0.0858. The van der Waals surface area contributed by atoms with Gasteiger partial charge in [-0.2, -0.15) is 13.2 Å². The van der Waals surface area contributed by atoms with E-state index in [1.165, 1.54) is 74.9 Å². The number of methoxy groups -OCH3 is 2. The summed E-state index contributed by atoms with van der Waals surface area (Å²) < 4.78 is 107. The molecule has 0 fully saturated rings. The Kier molecular flexibility index (Phi) is 10.1. The molecule has 0 spiro atoms. The van der Waals surface area contributed by atoms with Crippen molar-refractivity contribution in [3.63, 3.8) is 0 Å². The minimum atomic E-state index is -4.90. The highest BCUT2D eigenvalue weighted by Crippen LogP contribution is 2.38. The summed E-state index contributed by atoms with van der Waals surface area (Å²) in [6.07, 6.45) is -4.90. The highest BCUT2D eigenvalue weighted by atomic mass is 35.5. The van der Waals surface area contributed by atoms with Crippen molar-refractivity contribution in [3.05, 3.63) is 101 Å². The summed E-state index contributed by atoms with van der Waals surface area (Å²) in [5.41, 5.74) is -0.800. The molecule has 0 aromatic heterocycles. The van der Waals surface area contributed by atoms with E-state index in [0.717, 1.165) is 17.7 Å². The minimum Gasteiger partial charge on any atom is -0.497 e. The summed E-state index contributed by atoms with van der Waals surface area (Å²) in [5.74, 6) is -0.307. The van der Waals surface area contributed by atoms with Gasteiger partial charge < -0.3 is 14.8 Å². The van der Waals surface area contributed by atoms with Crippen LogP contribution >= 0.6 is 11.6 Å². The molecule has 4 rings (SSSR count). The summed E-state index contributed by atoms with van der Waals surface area (Å²) in [6.45, 7) is 0.797. The predicted octanol–water partition coefficient (Wildman–Crippen LogP) is 6.32. The average Bonchev–Trinajstić information content (AvgIpc) is 3.00. The molecule has 0 aliphatic rings. The summed E-state index contributed by atoms with van der Waals surface area (Å²) in [5, 5.41) is 1.80. The van der Waals surface area contributed by atoms with Crippen LogP contribution in [0.5, 0.6) is 11.5 Å². The quantitative estimate of drug-likeness (QED) is 0.188. The van der Waals surface area contributed by atoms with Gasteiger partial charge in [0.2, 0.25) is 5.91 Å². The lowest BCUT2D eigenvalue weighted by Crippen LogP contribution is -2.38. The number of halogens is 4. The topological polar surface area (TPSA) is 131 Å². The fourth-order valence-corrected chi connectivity index (χ4v) is 6.88. The molecule has 2 N–H and O–H groups in total. The van der Waals surface area contributed by atoms with E-state index in [1.54, 1.807) is 13.0 Å². The lowest BCUT2D eigenvalue weighted by atomic mass is 10.2. The van der Waals surface area contributed by atoms with Crippen molar-refractivity contribution in [1.29, 1.82) is 0 Å². The SMILES string of the molecule is COc1ccc(OC)c(NS(=O)(=O)c2ccc(NC(=O)CN(c3ccc(Cl)c(C(F)(F)F)c3)S(=O)(=O)c3ccc(C)cc3)cc2)c1. The molecule has 0 atom stereocenters. The molecule has 1 amide bonds. The largest absolute Gasteiger partial charge is 0.497 e. The first-order chi connectivity index (χ1) is 21.5. The summed E-state index contributed by atoms with van der Waals surface area (Å²) >= 11 is 5.74. The number of aryl methyl sites for hydroxylation is 1. The molecular weight excluding hydrogens is 671 g/mol. The van der Waals surface area contributed by atoms with Gasteiger partial charge in [0.15, 0.2) is 0 Å². The van der Waals surface area contributed by atoms with E-state index >= 15 is 0 Å². The van der Waals surface area contributed by atoms with Crippen LogP contribution in [-0.4, -0.2) is 43.5 Å². The number of nitrogens with zero attached hydrogens (tertiary/aromatic N) is 1. The van der Waals surface area contributed by atoms with Crippen LogP contribution in [0.2, 0.25) is 5.02 Å². The van der Waals surface area contributed by atoms with Crippen molar-refractivity contribution < 1.29 is 44.3 Å². The molecule has 4 aromatic rings. The Hall–Kier alpha value is -4.47. The van der Waals surface area contributed by atoms with Gasteiger partial charge in [-0.05, 0) is 73.7 Å². The number of amides is 1. The molecule has 16 heteroatoms. The van der Waals surface area contributed by atoms with Gasteiger partial charge in [-0.25, -0.2) is 16.8 Å². The fourth-order valence-electron chi connectivity index (χ4n) is 4.18. The maximum atomic E-state index is 13.6. The van der Waals surface area contributed by atoms with Gasteiger partial charge in [-0.1, -0.05) is 29.3 Å². The number of alkyl halides is 3. The standard InChI is InChI=1S/C30H27ClF3N3O7S2/c1-19-4-10-24(11-5-19)46(41,42)37(21-8-14-26(31)25(16-21)30(32,33)34)18-29(38)35-20-6-12-23(13-7-20)45(39,40)36-27-17-22(43-2)9-15-28(27)44-3/h4-17,36H,18H2,1-3H3,(H,35,38). The van der Waals surface area contributed by atoms with Gasteiger partial charge in [0.25, 0.3) is 20.0 Å². The van der Waals surface area contributed by atoms with Gasteiger partial charge in [0.05, 0.1) is 46.0 Å². The second kappa shape index (κ2) is 13.5. The van der Waals surface area contributed by atoms with Crippen LogP contribution in [0, 0.1) is 6.92 Å². The molecule has 0 bridgehead atoms. The van der Waals surface area contributed by atoms with E-state index in [2.05, 4.69) is 10.0 Å². The highest BCUT2D eigenvalue weighted by Gasteiger charge is 2.35. The molecule has 0 aliphatic heterocycles. The number of hydrogen-bond acceptors (Lipinski definition) is 7. The zero-order valence-corrected chi connectivity index (χ0v) is 26.8. The predicted molar refractivity (Wildman–Crippen MR) is 168 cm³/mol. The van der Waals surface area contributed by atoms with Gasteiger partial charge in [0.1, 0.15) is 18.0 Å². The van der Waals surface area contributed by atoms with Crippen LogP contribution in [-0.2, 0) is 31.0 Å². The Morgan fingerprint density at radius 1 is 0.848 bits per heavy atom. The van der Waals surface area contributed by atoms with Crippen molar-refractivity contribution >= 4 is 54.6 Å². The van der Waals surface area contributed by atoms with E-state index in [1.807, 2.05) is 0 Å². The third-order valence-electron chi connectivity index (χ3n) is 6.54. The average molecular weight is 698 g/mol. The first-order valence-corrected chi connectivity index (χ1v) is 16.5. The number of benzene rings is 4. The van der Waals surface area contributed by atoms with Crippen molar-refractivity contribution in [2.24, 2.45) is 0 Å². The maximum absolute atomic E-state index is 13.6. The third-order valence-corrected chi connectivity index (χ3v) is 10.0. The monoisotopic (exact) mass is 697 g/mol. The number of rotatable bonds is 11. The zero-order valence-electron chi connectivity index (χ0n) is 24.4. The van der Waals surface area contributed by atoms with Crippen molar-refractivity contribution in [3.8, 4) is 11.5 Å². The molecule has 4 aromatic carbocycles. The van der Waals surface area contributed by atoms with Crippen LogP contribution < -0.4 is 23.8 Å². The molecule has 0 saturated carbocycles. The van der Waals surface area contributed by atoms with Crippen LogP contribution in [0.4, 0.5) is 30.2 Å². The fraction of sp³-hybridized carbons (Fsp3) is 0.167. The van der Waals surface area contributed by atoms with E-state index < -0.39 is 54.9 Å². The van der Waals surface area contributed by atoms with Crippen LogP contribution in [0.1, 0.15) is 11.1 Å². The number of ether oxygens (including phenoxy) is 2. The Bertz CT molecular complexity index is 1960. The molecule has 10 nitrogen and oxygen atoms in total. The molecule has 46 heavy (non-hydrogen) atoms. The smallest absolute Gasteiger partial charge is 0.417 e. The van der Waals surface area contributed by atoms with Crippen molar-refractivity contribution in [2.75, 3.05) is 35.1 Å². The molecule has 0 unspecified atom stereocenters. The van der Waals surface area contributed by atoms with Crippen molar-refractivity contribution in [2.45, 2.75) is 22.9 Å². The highest BCUT2D eigenvalue weighted by molar-refractivity contribution is 7.93. The number of carbonyl (C=O) groups excluding carboxylic acids is 1. The Balaban J connectivity index is 1.60. The molecule has 0 radical (unpaired) electrons. The maximum Gasteiger partial charge on any atom is 0.417 e. The molecule has 0 saturated heterocycles. The van der Waals surface area contributed by atoms with E-state index in [9.17, 15) is 34.8 Å². The molecule has 0 aliphatic carbocycles. The Labute approximate surface area is 268 Å². The van der Waals surface area contributed by atoms with Gasteiger partial charge in [-0.15, -0.1) is 0 Å². The Morgan fingerprint density at radius 2 is 1.48 bits per heavy atom. The summed E-state index contributed by atoms with van der Waals surface area (Å²) in [4.78, 5) is 12.7. The second-order valence-corrected chi connectivity index (χ2v) is 13.7. The van der Waals surface area contributed by atoms with Crippen LogP contribution in [0.3, 0.4) is 0 Å². The molecular formula is C30H27ClF3N3O7S2. The number of anilines is 3. The summed E-state index contributed by atoms with van der Waals surface area (Å²) in [6, 6.07) is 17.5. The number of carbonyl (C=O) groups is 1. The second-order valence-electron chi connectivity index (χ2n) is 9.73. The zero-order chi connectivity index (χ0) is 33.9. The third kappa shape index (κ3) is 7.84. The lowest BCUT2D eigenvalue weighted by Gasteiger charge is -2.25. The number of nitrogens with one attached hydrogen (secondary N) is 2. The van der Waals surface area contributed by atoms with Crippen LogP contribution in [0.25, 0.3) is 0 Å². The number of hydrogen-bond donors (Lipinski definition) is 2. The van der Waals surface area contributed by atoms with Gasteiger partial charge in [-0.3, -0.25) is 13.8 Å². The van der Waals surface area contributed by atoms with Crippen molar-refractivity contribution in [1.82, 2.24) is 0 Å². The van der Waals surface area contributed by atoms with Gasteiger partial charge >= 0.3 is 6.18 Å². The van der Waals surface area contributed by atoms with Crippen LogP contribution in [0.15, 0.2) is 94.7 Å². The molecule has 244 valence electrons. The van der Waals surface area contributed by atoms with Gasteiger partial charge in [0, 0.05) is 11.8 Å². The first-order valence-electron chi connectivity index (χ1n) is 13.2. The van der Waals surface area contributed by atoms with E-state index in [-0.39, 0.29) is 26.9 Å². The number of sulfonamides is 2. The van der Waals surface area contributed by atoms with E-state index in [4.69, 9.17) is 21.1 Å². The molecule has 0 heterocycles. The van der Waals surface area contributed by atoms with E-state index in [0.29, 0.717) is 16.1 Å². The first kappa shape index (κ1) is 34.4. The summed E-state index contributed by atoms with van der Waals surface area (Å²) in [7, 11) is -5.89. The Morgan fingerprint density at radius 3 is 2.07 bits per heavy atom.